The second-order valence-electron chi connectivity index (χ2n) is 3.84. The van der Waals surface area contributed by atoms with E-state index >= 15 is 0 Å². The lowest BCUT2D eigenvalue weighted by molar-refractivity contribution is 0.100. The molecule has 0 spiro atoms. The number of pyridine rings is 1. The third-order valence-corrected chi connectivity index (χ3v) is 4.47. The fourth-order valence-corrected chi connectivity index (χ4v) is 3.48. The number of benzene rings is 1. The Balaban J connectivity index is 2.60. The maximum Gasteiger partial charge on any atom is 0.251 e. The Kier molecular flexibility index (Phi) is 2.39. The molecule has 2 aromatic heterocycles. The molecule has 1 aromatic carbocycles. The van der Waals surface area contributed by atoms with Crippen molar-refractivity contribution in [3.05, 3.63) is 35.0 Å². The van der Waals surface area contributed by atoms with Crippen LogP contribution in [0.4, 0.5) is 5.82 Å². The molecule has 4 nitrogen and oxygen atoms in total. The zero-order valence-corrected chi connectivity index (χ0v) is 10.7. The number of nitrogens with zero attached hydrogens (tertiary/aromatic N) is 1. The van der Waals surface area contributed by atoms with Gasteiger partial charge in [-0.3, -0.25) is 4.79 Å². The quantitative estimate of drug-likeness (QED) is 0.717. The van der Waals surface area contributed by atoms with Crippen molar-refractivity contribution in [2.45, 2.75) is 0 Å². The number of carbonyl (C=O) groups is 1. The number of carbonyl (C=O) groups excluding carboxylic acids is 1. The molecule has 0 bridgehead atoms. The van der Waals surface area contributed by atoms with E-state index in [1.54, 1.807) is 6.07 Å². The first kappa shape index (κ1) is 11.3. The van der Waals surface area contributed by atoms with Crippen LogP contribution >= 0.6 is 22.9 Å². The number of amides is 1. The Bertz CT molecular complexity index is 797. The lowest BCUT2D eigenvalue weighted by atomic mass is 10.1. The normalized spacial score (nSPS) is 11.2. The summed E-state index contributed by atoms with van der Waals surface area (Å²) in [5.41, 5.74) is 11.6. The van der Waals surface area contributed by atoms with Crippen LogP contribution in [0.2, 0.25) is 5.02 Å². The van der Waals surface area contributed by atoms with Crippen molar-refractivity contribution >= 4 is 54.8 Å². The van der Waals surface area contributed by atoms with Crippen molar-refractivity contribution in [2.75, 3.05) is 5.73 Å². The van der Waals surface area contributed by atoms with Gasteiger partial charge in [-0.25, -0.2) is 4.98 Å². The minimum atomic E-state index is -0.518. The summed E-state index contributed by atoms with van der Waals surface area (Å²) in [7, 11) is 0. The van der Waals surface area contributed by atoms with Crippen molar-refractivity contribution in [1.29, 1.82) is 0 Å². The van der Waals surface area contributed by atoms with Crippen molar-refractivity contribution in [1.82, 2.24) is 4.98 Å². The standard InChI is InChI=1S/C12H8ClN3OS/c13-7-3-1-2-5-8-10(18-9(5)7)6(12(15)17)4-16-11(8)14/h1-4H,(H2,14,16)(H2,15,17). The van der Waals surface area contributed by atoms with Gasteiger partial charge in [-0.1, -0.05) is 23.7 Å². The van der Waals surface area contributed by atoms with E-state index in [0.717, 1.165) is 20.2 Å². The van der Waals surface area contributed by atoms with E-state index in [0.29, 0.717) is 16.4 Å². The molecule has 90 valence electrons. The maximum absolute atomic E-state index is 11.4. The van der Waals surface area contributed by atoms with Crippen molar-refractivity contribution in [3.63, 3.8) is 0 Å². The van der Waals surface area contributed by atoms with Gasteiger partial charge in [0.05, 0.1) is 20.0 Å². The van der Waals surface area contributed by atoms with Crippen LogP contribution in [-0.4, -0.2) is 10.9 Å². The molecule has 2 heterocycles. The Hall–Kier alpha value is -1.85. The summed E-state index contributed by atoms with van der Waals surface area (Å²) >= 11 is 7.55. The SMILES string of the molecule is NC(=O)c1cnc(N)c2c1sc1c(Cl)cccc12. The molecule has 0 radical (unpaired) electrons. The lowest BCUT2D eigenvalue weighted by Crippen LogP contribution is -2.11. The smallest absolute Gasteiger partial charge is 0.251 e. The molecule has 0 saturated heterocycles. The molecule has 0 saturated carbocycles. The van der Waals surface area contributed by atoms with Crippen LogP contribution in [0.5, 0.6) is 0 Å². The van der Waals surface area contributed by atoms with Gasteiger partial charge in [0.25, 0.3) is 5.91 Å². The average molecular weight is 278 g/mol. The molecule has 1 amide bonds. The number of hydrogen-bond acceptors (Lipinski definition) is 4. The molecular weight excluding hydrogens is 270 g/mol. The Morgan fingerprint density at radius 3 is 2.83 bits per heavy atom. The summed E-state index contributed by atoms with van der Waals surface area (Å²) in [6, 6.07) is 5.54. The van der Waals surface area contributed by atoms with Gasteiger partial charge >= 0.3 is 0 Å². The van der Waals surface area contributed by atoms with Gasteiger partial charge < -0.3 is 11.5 Å². The molecule has 0 unspecified atom stereocenters. The number of fused-ring (bicyclic) bond motifs is 3. The highest BCUT2D eigenvalue weighted by atomic mass is 35.5. The Labute approximate surface area is 111 Å². The van der Waals surface area contributed by atoms with Crippen LogP contribution in [0.3, 0.4) is 0 Å². The van der Waals surface area contributed by atoms with Gasteiger partial charge in [-0.05, 0) is 6.07 Å². The third kappa shape index (κ3) is 1.45. The van der Waals surface area contributed by atoms with Crippen LogP contribution in [0.1, 0.15) is 10.4 Å². The second kappa shape index (κ2) is 3.83. The number of anilines is 1. The summed E-state index contributed by atoms with van der Waals surface area (Å²) in [4.78, 5) is 15.4. The van der Waals surface area contributed by atoms with Gasteiger partial charge in [0, 0.05) is 17.0 Å². The molecule has 0 aliphatic carbocycles. The molecule has 0 atom stereocenters. The van der Waals surface area contributed by atoms with Crippen LogP contribution in [0, 0.1) is 0 Å². The lowest BCUT2D eigenvalue weighted by Gasteiger charge is -2.00. The first-order valence-electron chi connectivity index (χ1n) is 5.14. The third-order valence-electron chi connectivity index (χ3n) is 2.77. The Morgan fingerprint density at radius 2 is 2.11 bits per heavy atom. The van der Waals surface area contributed by atoms with E-state index in [-0.39, 0.29) is 0 Å². The van der Waals surface area contributed by atoms with E-state index in [1.165, 1.54) is 17.5 Å². The Morgan fingerprint density at radius 1 is 1.33 bits per heavy atom. The number of hydrogen-bond donors (Lipinski definition) is 2. The zero-order chi connectivity index (χ0) is 12.9. The number of primary amides is 1. The van der Waals surface area contributed by atoms with Gasteiger partial charge in [0.2, 0.25) is 0 Å². The minimum absolute atomic E-state index is 0.372. The largest absolute Gasteiger partial charge is 0.383 e. The van der Waals surface area contributed by atoms with Crippen molar-refractivity contribution in [3.8, 4) is 0 Å². The van der Waals surface area contributed by atoms with Gasteiger partial charge in [0.1, 0.15) is 5.82 Å². The van der Waals surface area contributed by atoms with Crippen molar-refractivity contribution in [2.24, 2.45) is 5.73 Å². The first-order chi connectivity index (χ1) is 8.59. The van der Waals surface area contributed by atoms with E-state index in [4.69, 9.17) is 23.1 Å². The number of rotatable bonds is 1. The molecule has 6 heteroatoms. The van der Waals surface area contributed by atoms with Gasteiger partial charge in [-0.2, -0.15) is 0 Å². The van der Waals surface area contributed by atoms with E-state index in [9.17, 15) is 4.79 Å². The fourth-order valence-electron chi connectivity index (χ4n) is 1.96. The van der Waals surface area contributed by atoms with Gasteiger partial charge in [0.15, 0.2) is 0 Å². The summed E-state index contributed by atoms with van der Waals surface area (Å²) in [6.07, 6.45) is 1.41. The highest BCUT2D eigenvalue weighted by Gasteiger charge is 2.16. The van der Waals surface area contributed by atoms with E-state index in [2.05, 4.69) is 4.98 Å². The molecule has 18 heavy (non-hydrogen) atoms. The fraction of sp³-hybridized carbons (Fsp3) is 0. The molecule has 3 aromatic rings. The molecule has 4 N–H and O–H groups in total. The highest BCUT2D eigenvalue weighted by Crippen LogP contribution is 2.41. The number of nitrogen functional groups attached to an aromatic ring is 1. The maximum atomic E-state index is 11.4. The van der Waals surface area contributed by atoms with E-state index in [1.807, 2.05) is 12.1 Å². The van der Waals surface area contributed by atoms with Crippen LogP contribution in [0.25, 0.3) is 20.2 Å². The van der Waals surface area contributed by atoms with Crippen LogP contribution in [-0.2, 0) is 0 Å². The summed E-state index contributed by atoms with van der Waals surface area (Å²) in [5.74, 6) is -0.140. The number of aromatic nitrogens is 1. The number of nitrogens with two attached hydrogens (primary N) is 2. The average Bonchev–Trinajstić information content (AvgIpc) is 2.70. The minimum Gasteiger partial charge on any atom is -0.383 e. The second-order valence-corrected chi connectivity index (χ2v) is 5.27. The van der Waals surface area contributed by atoms with Crippen LogP contribution in [0.15, 0.2) is 24.4 Å². The van der Waals surface area contributed by atoms with Crippen LogP contribution < -0.4 is 11.5 Å². The topological polar surface area (TPSA) is 82.0 Å². The molecule has 0 aliphatic rings. The van der Waals surface area contributed by atoms with E-state index < -0.39 is 5.91 Å². The molecule has 3 rings (SSSR count). The summed E-state index contributed by atoms with van der Waals surface area (Å²) in [6.45, 7) is 0. The monoisotopic (exact) mass is 277 g/mol. The first-order valence-corrected chi connectivity index (χ1v) is 6.34. The highest BCUT2D eigenvalue weighted by molar-refractivity contribution is 7.26. The molecule has 0 fully saturated rings. The zero-order valence-electron chi connectivity index (χ0n) is 9.11. The predicted octanol–water partition coefficient (Wildman–Crippen LogP) is 2.78. The summed E-state index contributed by atoms with van der Waals surface area (Å²) in [5, 5.41) is 2.27. The van der Waals surface area contributed by atoms with Gasteiger partial charge in [-0.15, -0.1) is 11.3 Å². The molecule has 0 aliphatic heterocycles. The predicted molar refractivity (Wildman–Crippen MR) is 75.1 cm³/mol. The molecular formula is C12H8ClN3OS. The number of halogens is 1. The summed E-state index contributed by atoms with van der Waals surface area (Å²) < 4.78 is 1.62. The number of thiophene rings is 1. The van der Waals surface area contributed by atoms with Crippen molar-refractivity contribution < 1.29 is 4.79 Å².